The van der Waals surface area contributed by atoms with Crippen molar-refractivity contribution in [2.45, 2.75) is 39.3 Å². The van der Waals surface area contributed by atoms with Crippen LogP contribution in [0.25, 0.3) is 0 Å². The van der Waals surface area contributed by atoms with E-state index in [1.165, 1.54) is 31.5 Å². The third-order valence-electron chi connectivity index (χ3n) is 4.45. The van der Waals surface area contributed by atoms with Gasteiger partial charge in [-0.25, -0.2) is 0 Å². The molecule has 1 atom stereocenters. The molecule has 5 nitrogen and oxygen atoms in total. The molecule has 0 aliphatic carbocycles. The lowest BCUT2D eigenvalue weighted by atomic mass is 10.1. The van der Waals surface area contributed by atoms with Gasteiger partial charge in [-0.1, -0.05) is 26.0 Å². The van der Waals surface area contributed by atoms with Gasteiger partial charge in [-0.3, -0.25) is 9.89 Å². The minimum absolute atomic E-state index is 0. The number of methoxy groups -OCH3 is 1. The van der Waals surface area contributed by atoms with E-state index in [0.717, 1.165) is 30.7 Å². The maximum atomic E-state index is 5.19. The molecule has 1 aromatic rings. The molecule has 0 bridgehead atoms. The summed E-state index contributed by atoms with van der Waals surface area (Å²) in [6.07, 6.45) is 2.58. The number of rotatable bonds is 7. The Bertz CT molecular complexity index is 519. The lowest BCUT2D eigenvalue weighted by molar-refractivity contribution is 0.226. The fourth-order valence-electron chi connectivity index (χ4n) is 3.20. The van der Waals surface area contributed by atoms with Crippen LogP contribution in [0.4, 0.5) is 0 Å². The van der Waals surface area contributed by atoms with E-state index >= 15 is 0 Å². The smallest absolute Gasteiger partial charge is 0.191 e. The third-order valence-corrected chi connectivity index (χ3v) is 4.45. The molecule has 6 heteroatoms. The third kappa shape index (κ3) is 7.40. The van der Waals surface area contributed by atoms with E-state index in [1.54, 1.807) is 7.11 Å². The summed E-state index contributed by atoms with van der Waals surface area (Å²) in [6, 6.07) is 8.72. The first kappa shape index (κ1) is 22.0. The van der Waals surface area contributed by atoms with Crippen LogP contribution in [0.15, 0.2) is 29.3 Å². The van der Waals surface area contributed by atoms with E-state index in [1.807, 2.05) is 19.2 Å². The van der Waals surface area contributed by atoms with Crippen LogP contribution in [-0.2, 0) is 6.54 Å². The number of nitrogens with zero attached hydrogens (tertiary/aromatic N) is 2. The molecule has 1 aliphatic heterocycles. The highest BCUT2D eigenvalue weighted by Crippen LogP contribution is 2.18. The number of ether oxygens (including phenoxy) is 1. The summed E-state index contributed by atoms with van der Waals surface area (Å²) in [4.78, 5) is 6.94. The Morgan fingerprint density at radius 3 is 2.60 bits per heavy atom. The fraction of sp³-hybridized carbons (Fsp3) is 0.632. The second-order valence-electron chi connectivity index (χ2n) is 6.84. The molecule has 0 amide bonds. The van der Waals surface area contributed by atoms with Crippen molar-refractivity contribution in [3.05, 3.63) is 29.8 Å². The van der Waals surface area contributed by atoms with Gasteiger partial charge in [-0.2, -0.15) is 0 Å². The molecule has 2 rings (SSSR count). The first-order chi connectivity index (χ1) is 11.6. The van der Waals surface area contributed by atoms with Gasteiger partial charge in [0.15, 0.2) is 5.96 Å². The highest BCUT2D eigenvalue weighted by Gasteiger charge is 2.24. The number of aliphatic imine (C=N–C) groups is 1. The number of nitrogens with one attached hydrogen (secondary N) is 2. The van der Waals surface area contributed by atoms with E-state index in [-0.39, 0.29) is 24.0 Å². The van der Waals surface area contributed by atoms with Crippen LogP contribution in [0.2, 0.25) is 0 Å². The highest BCUT2D eigenvalue weighted by atomic mass is 127. The number of benzene rings is 1. The van der Waals surface area contributed by atoms with Crippen molar-refractivity contribution in [1.82, 2.24) is 15.5 Å². The summed E-state index contributed by atoms with van der Waals surface area (Å²) in [6.45, 7) is 8.70. The van der Waals surface area contributed by atoms with E-state index in [4.69, 9.17) is 4.74 Å². The van der Waals surface area contributed by atoms with Crippen LogP contribution in [0.5, 0.6) is 5.75 Å². The van der Waals surface area contributed by atoms with E-state index in [0.29, 0.717) is 6.04 Å². The number of hydrogen-bond donors (Lipinski definition) is 2. The van der Waals surface area contributed by atoms with Crippen LogP contribution in [0.3, 0.4) is 0 Å². The zero-order valence-corrected chi connectivity index (χ0v) is 18.2. The first-order valence-electron chi connectivity index (χ1n) is 8.94. The fourth-order valence-corrected chi connectivity index (χ4v) is 3.20. The predicted octanol–water partition coefficient (Wildman–Crippen LogP) is 3.10. The lowest BCUT2D eigenvalue weighted by Gasteiger charge is -2.27. The Morgan fingerprint density at radius 2 is 2.00 bits per heavy atom. The van der Waals surface area contributed by atoms with Gasteiger partial charge in [-0.15, -0.1) is 24.0 Å². The summed E-state index contributed by atoms with van der Waals surface area (Å²) in [7, 11) is 3.51. The molecule has 0 spiro atoms. The quantitative estimate of drug-likeness (QED) is 0.373. The molecule has 1 aromatic carbocycles. The summed E-state index contributed by atoms with van der Waals surface area (Å²) < 4.78 is 5.19. The van der Waals surface area contributed by atoms with Crippen LogP contribution < -0.4 is 15.4 Å². The standard InChI is InChI=1S/C19H32N4O.HI/c1-15(2)14-23-11-5-6-17(23)13-22-19(20-3)21-12-16-7-9-18(24-4)10-8-16;/h7-10,15,17H,5-6,11-14H2,1-4H3,(H2,20,21,22);1H/t17-;/m1./s1. The Hall–Kier alpha value is -1.02. The van der Waals surface area contributed by atoms with Gasteiger partial charge in [0.25, 0.3) is 0 Å². The summed E-state index contributed by atoms with van der Waals surface area (Å²) in [5, 5.41) is 6.86. The average Bonchev–Trinajstić information content (AvgIpc) is 3.02. The molecule has 0 radical (unpaired) electrons. The number of hydrogen-bond acceptors (Lipinski definition) is 3. The lowest BCUT2D eigenvalue weighted by Crippen LogP contribution is -2.45. The minimum Gasteiger partial charge on any atom is -0.497 e. The van der Waals surface area contributed by atoms with Gasteiger partial charge < -0.3 is 15.4 Å². The van der Waals surface area contributed by atoms with Crippen molar-refractivity contribution in [3.8, 4) is 5.75 Å². The minimum atomic E-state index is 0. The molecule has 2 N–H and O–H groups in total. The summed E-state index contributed by atoms with van der Waals surface area (Å²) >= 11 is 0. The van der Waals surface area contributed by atoms with Crippen LogP contribution in [-0.4, -0.2) is 50.7 Å². The molecule has 1 fully saturated rings. The molecular formula is C19H33IN4O. The van der Waals surface area contributed by atoms with Gasteiger partial charge >= 0.3 is 0 Å². The van der Waals surface area contributed by atoms with Crippen molar-refractivity contribution >= 4 is 29.9 Å². The van der Waals surface area contributed by atoms with Crippen LogP contribution in [0, 0.1) is 5.92 Å². The van der Waals surface area contributed by atoms with Crippen molar-refractivity contribution in [1.29, 1.82) is 0 Å². The average molecular weight is 460 g/mol. The van der Waals surface area contributed by atoms with E-state index in [9.17, 15) is 0 Å². The van der Waals surface area contributed by atoms with Crippen molar-refractivity contribution < 1.29 is 4.74 Å². The van der Waals surface area contributed by atoms with Gasteiger partial charge in [0.05, 0.1) is 7.11 Å². The van der Waals surface area contributed by atoms with Crippen LogP contribution >= 0.6 is 24.0 Å². The number of likely N-dealkylation sites (tertiary alicyclic amines) is 1. The second-order valence-corrected chi connectivity index (χ2v) is 6.84. The normalized spacial score (nSPS) is 18.1. The van der Waals surface area contributed by atoms with Gasteiger partial charge in [0, 0.05) is 32.7 Å². The molecule has 1 aliphatic rings. The SMILES string of the molecule is CN=C(NCc1ccc(OC)cc1)NC[C@H]1CCCN1CC(C)C.I. The highest BCUT2D eigenvalue weighted by molar-refractivity contribution is 14.0. The Labute approximate surface area is 169 Å². The molecule has 0 aromatic heterocycles. The molecule has 1 heterocycles. The van der Waals surface area contributed by atoms with Gasteiger partial charge in [0.1, 0.15) is 5.75 Å². The monoisotopic (exact) mass is 460 g/mol. The molecule has 1 saturated heterocycles. The topological polar surface area (TPSA) is 48.9 Å². The van der Waals surface area contributed by atoms with Gasteiger partial charge in [-0.05, 0) is 43.0 Å². The number of halogens is 1. The molecule has 142 valence electrons. The van der Waals surface area contributed by atoms with E-state index < -0.39 is 0 Å². The Kier molecular flexibility index (Phi) is 10.2. The molecule has 25 heavy (non-hydrogen) atoms. The number of guanidine groups is 1. The Balaban J connectivity index is 0.00000312. The molecular weight excluding hydrogens is 427 g/mol. The molecule has 0 saturated carbocycles. The maximum Gasteiger partial charge on any atom is 0.191 e. The molecule has 0 unspecified atom stereocenters. The largest absolute Gasteiger partial charge is 0.497 e. The zero-order valence-electron chi connectivity index (χ0n) is 15.9. The summed E-state index contributed by atoms with van der Waals surface area (Å²) in [5.41, 5.74) is 1.21. The Morgan fingerprint density at radius 1 is 1.28 bits per heavy atom. The van der Waals surface area contributed by atoms with Crippen molar-refractivity contribution in [3.63, 3.8) is 0 Å². The maximum absolute atomic E-state index is 5.19. The predicted molar refractivity (Wildman–Crippen MR) is 116 cm³/mol. The zero-order chi connectivity index (χ0) is 17.4. The van der Waals surface area contributed by atoms with E-state index in [2.05, 4.69) is 46.5 Å². The second kappa shape index (κ2) is 11.6. The first-order valence-corrected chi connectivity index (χ1v) is 8.94. The van der Waals surface area contributed by atoms with Crippen molar-refractivity contribution in [2.75, 3.05) is 33.8 Å². The van der Waals surface area contributed by atoms with Crippen molar-refractivity contribution in [2.24, 2.45) is 10.9 Å². The summed E-state index contributed by atoms with van der Waals surface area (Å²) in [5.74, 6) is 2.47. The van der Waals surface area contributed by atoms with Gasteiger partial charge in [0.2, 0.25) is 0 Å². The van der Waals surface area contributed by atoms with Crippen LogP contribution in [0.1, 0.15) is 32.3 Å².